The van der Waals surface area contributed by atoms with Crippen LogP contribution in [0.25, 0.3) is 0 Å². The zero-order valence-corrected chi connectivity index (χ0v) is 13.7. The van der Waals surface area contributed by atoms with E-state index >= 15 is 0 Å². The maximum atomic E-state index is 11.7. The van der Waals surface area contributed by atoms with Gasteiger partial charge in [0, 0.05) is 0 Å². The van der Waals surface area contributed by atoms with E-state index in [4.69, 9.17) is 4.74 Å². The Balaban J connectivity index is 3.25. The second kappa shape index (κ2) is 6.67. The number of carbonyl (C=O) groups is 1. The van der Waals surface area contributed by atoms with Crippen molar-refractivity contribution in [3.05, 3.63) is 50.3 Å². The van der Waals surface area contributed by atoms with Crippen LogP contribution < -0.4 is 15.6 Å². The van der Waals surface area contributed by atoms with Gasteiger partial charge in [-0.25, -0.2) is 0 Å². The van der Waals surface area contributed by atoms with Crippen LogP contribution in [-0.4, -0.2) is 16.8 Å². The second-order valence-electron chi connectivity index (χ2n) is 3.95. The summed E-state index contributed by atoms with van der Waals surface area (Å²) in [7, 11) is 0. The molecule has 5 heteroatoms. The molecule has 0 radical (unpaired) electrons. The molecule has 1 aromatic rings. The van der Waals surface area contributed by atoms with Gasteiger partial charge in [0.05, 0.1) is 0 Å². The Hall–Kier alpha value is -1.41. The topological polar surface area (TPSA) is 60.4 Å². The molecule has 1 atom stereocenters. The minimum atomic E-state index is -0.794. The molecule has 0 N–H and O–H groups in total. The van der Waals surface area contributed by atoms with Gasteiger partial charge in [-0.05, 0) is 0 Å². The summed E-state index contributed by atoms with van der Waals surface area (Å²) < 4.78 is 7.02. The van der Waals surface area contributed by atoms with E-state index in [0.717, 1.165) is 0 Å². The molecule has 0 aliphatic carbocycles. The monoisotopic (exact) mass is 430 g/mol. The Bertz CT molecular complexity index is 618. The summed E-state index contributed by atoms with van der Waals surface area (Å²) in [5.74, 6) is -1.02. The Labute approximate surface area is 121 Å². The Morgan fingerprint density at radius 2 is 2.05 bits per heavy atom. The molecule has 0 bridgehead atoms. The molecule has 0 saturated carbocycles. The average Bonchev–Trinajstić information content (AvgIpc) is 2.39. The number of rotatable bonds is 7. The fraction of sp³-hybridized carbons (Fsp3) is 0.286. The van der Waals surface area contributed by atoms with Gasteiger partial charge in [0.15, 0.2) is 0 Å². The first-order valence-corrected chi connectivity index (χ1v) is 7.42. The molecule has 0 fully saturated rings. The van der Waals surface area contributed by atoms with Crippen molar-refractivity contribution in [3.63, 3.8) is 0 Å². The van der Waals surface area contributed by atoms with Crippen LogP contribution in [0.5, 0.6) is 5.75 Å². The normalized spacial score (nSPS) is 12.5. The van der Waals surface area contributed by atoms with E-state index in [9.17, 15) is 14.4 Å². The third-order valence-corrected chi connectivity index (χ3v) is 3.21. The van der Waals surface area contributed by atoms with Gasteiger partial charge in [-0.1, -0.05) is 0 Å². The first-order valence-electron chi connectivity index (χ1n) is 5.72. The van der Waals surface area contributed by atoms with E-state index in [2.05, 4.69) is 6.58 Å². The molecule has 0 amide bonds. The molecule has 0 aromatic heterocycles. The van der Waals surface area contributed by atoms with E-state index < -0.39 is 16.8 Å². The summed E-state index contributed by atoms with van der Waals surface area (Å²) in [4.78, 5) is 34.8. The van der Waals surface area contributed by atoms with Gasteiger partial charge in [-0.2, -0.15) is 0 Å². The second-order valence-corrected chi connectivity index (χ2v) is 4.93. The molecule has 0 aliphatic heterocycles. The van der Waals surface area contributed by atoms with E-state index in [0.29, 0.717) is 5.57 Å². The van der Waals surface area contributed by atoms with Crippen LogP contribution in [0.15, 0.2) is 33.9 Å². The van der Waals surface area contributed by atoms with Gasteiger partial charge in [0.1, 0.15) is 0 Å². The molecule has 19 heavy (non-hydrogen) atoms. The summed E-state index contributed by atoms with van der Waals surface area (Å²) in [6.07, 6.45) is 3.44. The van der Waals surface area contributed by atoms with E-state index in [1.54, 1.807) is 19.1 Å². The molecule has 1 rings (SSSR count). The van der Waals surface area contributed by atoms with Crippen molar-refractivity contribution in [2.45, 2.75) is 19.8 Å². The Morgan fingerprint density at radius 1 is 1.42 bits per heavy atom. The Morgan fingerprint density at radius 3 is 2.53 bits per heavy atom. The van der Waals surface area contributed by atoms with Crippen molar-refractivity contribution in [1.29, 1.82) is 0 Å². The van der Waals surface area contributed by atoms with Crippen LogP contribution in [0.3, 0.4) is 0 Å². The molecule has 1 aromatic carbocycles. The number of hydrogen-bond donors (Lipinski definition) is 0. The van der Waals surface area contributed by atoms with Crippen LogP contribution >= 0.6 is 0 Å². The SMILES string of the molecule is C=C(C=C[CH]=[W])C(C(C)=O)c1c(OCC)c(=O)c1=O. The van der Waals surface area contributed by atoms with Gasteiger partial charge < -0.3 is 0 Å². The van der Waals surface area contributed by atoms with Crippen molar-refractivity contribution in [2.24, 2.45) is 0 Å². The summed E-state index contributed by atoms with van der Waals surface area (Å²) in [5, 5.41) is 0. The fourth-order valence-corrected chi connectivity index (χ4v) is 2.13. The number of Topliss-reactive ketones (excluding diaryl/α,β-unsaturated/α-hetero) is 1. The van der Waals surface area contributed by atoms with E-state index in [1.165, 1.54) is 26.3 Å². The summed E-state index contributed by atoms with van der Waals surface area (Å²) >= 11 is 1.27. The van der Waals surface area contributed by atoms with Crippen molar-refractivity contribution < 1.29 is 28.9 Å². The zero-order chi connectivity index (χ0) is 14.6. The first kappa shape index (κ1) is 15.6. The van der Waals surface area contributed by atoms with Crippen molar-refractivity contribution >= 4 is 10.2 Å². The van der Waals surface area contributed by atoms with Crippen molar-refractivity contribution in [1.82, 2.24) is 0 Å². The average molecular weight is 430 g/mol. The molecule has 0 heterocycles. The van der Waals surface area contributed by atoms with Gasteiger partial charge in [0.25, 0.3) is 0 Å². The zero-order valence-electron chi connectivity index (χ0n) is 10.8. The quantitative estimate of drug-likeness (QED) is 0.475. The number of hydrogen-bond acceptors (Lipinski definition) is 4. The van der Waals surface area contributed by atoms with Gasteiger partial charge in [-0.3, -0.25) is 0 Å². The molecular formula is C14H14O4W. The molecule has 4 nitrogen and oxygen atoms in total. The van der Waals surface area contributed by atoms with Crippen LogP contribution in [0, 0.1) is 0 Å². The van der Waals surface area contributed by atoms with Gasteiger partial charge >= 0.3 is 122 Å². The fourth-order valence-electron chi connectivity index (χ4n) is 1.85. The molecule has 0 spiro atoms. The van der Waals surface area contributed by atoms with E-state index in [1.807, 2.05) is 4.40 Å². The summed E-state index contributed by atoms with van der Waals surface area (Å²) in [6.45, 7) is 7.16. The summed E-state index contributed by atoms with van der Waals surface area (Å²) in [6, 6.07) is 0. The predicted molar refractivity (Wildman–Crippen MR) is 70.3 cm³/mol. The maximum absolute atomic E-state index is 11.7. The van der Waals surface area contributed by atoms with Crippen LogP contribution in [-0.2, 0) is 24.1 Å². The molecule has 100 valence electrons. The summed E-state index contributed by atoms with van der Waals surface area (Å²) in [5.41, 5.74) is -0.689. The van der Waals surface area contributed by atoms with E-state index in [-0.39, 0.29) is 23.7 Å². The molecule has 1 unspecified atom stereocenters. The minimum absolute atomic E-state index is 0.00773. The standard InChI is InChI=1S/C14H14O4.W/c1-5-7-8(3)10(9(4)15)11-12(16)13(17)14(11)18-6-2;/h1,5,7,10H,3,6H2,2,4H3;. The number of allylic oxidation sites excluding steroid dienone is 3. The van der Waals surface area contributed by atoms with Gasteiger partial charge in [-0.15, -0.1) is 0 Å². The van der Waals surface area contributed by atoms with Crippen LogP contribution in [0.2, 0.25) is 0 Å². The van der Waals surface area contributed by atoms with Crippen LogP contribution in [0.4, 0.5) is 0 Å². The van der Waals surface area contributed by atoms with Crippen molar-refractivity contribution in [3.8, 4) is 5.75 Å². The number of ether oxygens (including phenoxy) is 1. The third-order valence-electron chi connectivity index (χ3n) is 2.65. The molecule has 0 saturated heterocycles. The molecular weight excluding hydrogens is 416 g/mol. The van der Waals surface area contributed by atoms with Gasteiger partial charge in [0.2, 0.25) is 0 Å². The Kier molecular flexibility index (Phi) is 5.49. The van der Waals surface area contributed by atoms with Crippen LogP contribution in [0.1, 0.15) is 25.3 Å². The first-order chi connectivity index (χ1) is 8.95. The number of ketones is 1. The third kappa shape index (κ3) is 3.13. The predicted octanol–water partition coefficient (Wildman–Crippen LogP) is 0.815. The molecule has 0 aliphatic rings. The van der Waals surface area contributed by atoms with Crippen molar-refractivity contribution in [2.75, 3.05) is 6.61 Å². The number of carbonyl (C=O) groups excluding carboxylic acids is 1.